The van der Waals surface area contributed by atoms with Crippen LogP contribution >= 0.6 is 0 Å². The Morgan fingerprint density at radius 2 is 1.92 bits per heavy atom. The van der Waals surface area contributed by atoms with Crippen LogP contribution in [0.4, 0.5) is 4.79 Å². The molecule has 0 spiro atoms. The number of rotatable bonds is 5. The molecule has 7 heteroatoms. The summed E-state index contributed by atoms with van der Waals surface area (Å²) in [5.41, 5.74) is -0.738. The van der Waals surface area contributed by atoms with Crippen molar-refractivity contribution in [3.8, 4) is 0 Å². The fourth-order valence-corrected chi connectivity index (χ4v) is 2.73. The number of amides is 1. The molecule has 1 fully saturated rings. The summed E-state index contributed by atoms with van der Waals surface area (Å²) in [6.45, 7) is 10.1. The van der Waals surface area contributed by atoms with Crippen molar-refractivity contribution in [3.63, 3.8) is 0 Å². The average molecular weight is 341 g/mol. The Morgan fingerprint density at radius 1 is 1.29 bits per heavy atom. The van der Waals surface area contributed by atoms with E-state index in [4.69, 9.17) is 14.2 Å². The fraction of sp³-hybridized carbons (Fsp3) is 0.706. The van der Waals surface area contributed by atoms with E-state index in [-0.39, 0.29) is 5.92 Å². The van der Waals surface area contributed by atoms with Gasteiger partial charge in [0.1, 0.15) is 11.6 Å². The molecule has 0 aromatic carbocycles. The summed E-state index contributed by atoms with van der Waals surface area (Å²) in [6.07, 6.45) is 1.84. The Balaban J connectivity index is 3.14. The van der Waals surface area contributed by atoms with Gasteiger partial charge in [0.2, 0.25) is 0 Å². The minimum absolute atomic E-state index is 0.191. The number of carbonyl (C=O) groups is 3. The van der Waals surface area contributed by atoms with Gasteiger partial charge in [0.25, 0.3) is 0 Å². The summed E-state index contributed by atoms with van der Waals surface area (Å²) in [6, 6.07) is -0.844. The second kappa shape index (κ2) is 8.17. The molecule has 1 amide bonds. The van der Waals surface area contributed by atoms with Crippen molar-refractivity contribution in [3.05, 3.63) is 12.7 Å². The van der Waals surface area contributed by atoms with Crippen LogP contribution in [0, 0.1) is 5.92 Å². The lowest BCUT2D eigenvalue weighted by Gasteiger charge is -2.31. The molecule has 136 valence electrons. The number of ether oxygens (including phenoxy) is 3. The van der Waals surface area contributed by atoms with E-state index in [1.165, 1.54) is 18.9 Å². The van der Waals surface area contributed by atoms with E-state index < -0.39 is 35.9 Å². The molecule has 1 saturated heterocycles. The average Bonchev–Trinajstić information content (AvgIpc) is 2.80. The first kappa shape index (κ1) is 20.0. The fourth-order valence-electron chi connectivity index (χ4n) is 2.73. The smallest absolute Gasteiger partial charge is 0.413 e. The van der Waals surface area contributed by atoms with Crippen LogP contribution in [0.5, 0.6) is 0 Å². The first-order valence-electron chi connectivity index (χ1n) is 7.98. The van der Waals surface area contributed by atoms with E-state index in [2.05, 4.69) is 6.58 Å². The molecule has 1 rings (SSSR count). The lowest BCUT2D eigenvalue weighted by atomic mass is 9.98. The van der Waals surface area contributed by atoms with Crippen molar-refractivity contribution in [1.29, 1.82) is 0 Å². The van der Waals surface area contributed by atoms with Gasteiger partial charge in [0.05, 0.1) is 7.11 Å². The maximum absolute atomic E-state index is 12.6. The van der Waals surface area contributed by atoms with Gasteiger partial charge in [-0.15, -0.1) is 6.58 Å². The molecule has 7 nitrogen and oxygen atoms in total. The van der Waals surface area contributed by atoms with Crippen LogP contribution in [0.1, 0.15) is 47.0 Å². The molecule has 0 aromatic rings. The maximum atomic E-state index is 12.6. The molecule has 0 aromatic heterocycles. The molecule has 1 aliphatic heterocycles. The standard InChI is InChI=1S/C17H27NO6/c1-7-8-9-12-10-13(15(20)22-6)18(14(12)23-11(2)19)16(21)24-17(3,4)5/h7,12-14H,1,8-10H2,2-6H3/t12?,13-,14?/m0/s1. The molecular formula is C17H27NO6. The van der Waals surface area contributed by atoms with Crippen LogP contribution in [-0.4, -0.2) is 47.9 Å². The Morgan fingerprint density at radius 3 is 2.38 bits per heavy atom. The highest BCUT2D eigenvalue weighted by molar-refractivity contribution is 5.82. The van der Waals surface area contributed by atoms with E-state index in [0.29, 0.717) is 19.3 Å². The predicted molar refractivity (Wildman–Crippen MR) is 87.0 cm³/mol. The monoisotopic (exact) mass is 341 g/mol. The van der Waals surface area contributed by atoms with Crippen molar-refractivity contribution in [2.24, 2.45) is 5.92 Å². The number of likely N-dealkylation sites (tertiary alicyclic amines) is 1. The molecule has 2 unspecified atom stereocenters. The molecule has 1 heterocycles. The number of nitrogens with zero attached hydrogens (tertiary/aromatic N) is 1. The molecule has 3 atom stereocenters. The lowest BCUT2D eigenvalue weighted by molar-refractivity contribution is -0.161. The van der Waals surface area contributed by atoms with Gasteiger partial charge in [-0.1, -0.05) is 6.08 Å². The molecule has 0 N–H and O–H groups in total. The molecule has 1 aliphatic rings. The first-order chi connectivity index (χ1) is 11.1. The molecular weight excluding hydrogens is 314 g/mol. The summed E-state index contributed by atoms with van der Waals surface area (Å²) >= 11 is 0. The summed E-state index contributed by atoms with van der Waals surface area (Å²) in [7, 11) is 1.26. The van der Waals surface area contributed by atoms with Gasteiger partial charge < -0.3 is 14.2 Å². The highest BCUT2D eigenvalue weighted by Crippen LogP contribution is 2.36. The van der Waals surface area contributed by atoms with Crippen LogP contribution in [0.2, 0.25) is 0 Å². The van der Waals surface area contributed by atoms with E-state index in [1.54, 1.807) is 26.8 Å². The zero-order valence-electron chi connectivity index (χ0n) is 15.0. The quantitative estimate of drug-likeness (QED) is 0.434. The topological polar surface area (TPSA) is 82.1 Å². The Bertz CT molecular complexity index is 496. The van der Waals surface area contributed by atoms with Crippen LogP contribution in [0.25, 0.3) is 0 Å². The van der Waals surface area contributed by atoms with Crippen molar-refractivity contribution >= 4 is 18.0 Å². The van der Waals surface area contributed by atoms with Crippen LogP contribution in [-0.2, 0) is 23.8 Å². The normalized spacial score (nSPS) is 23.5. The molecule has 0 aliphatic carbocycles. The third kappa shape index (κ3) is 5.25. The Kier molecular flexibility index (Phi) is 6.81. The summed E-state index contributed by atoms with van der Waals surface area (Å²) in [4.78, 5) is 37.4. The first-order valence-corrected chi connectivity index (χ1v) is 7.98. The SMILES string of the molecule is C=CCCC1C[C@@H](C(=O)OC)N(C(=O)OC(C)(C)C)C1OC(C)=O. The van der Waals surface area contributed by atoms with E-state index in [0.717, 1.165) is 0 Å². The maximum Gasteiger partial charge on any atom is 0.413 e. The number of allylic oxidation sites excluding steroid dienone is 1. The van der Waals surface area contributed by atoms with Crippen LogP contribution in [0.3, 0.4) is 0 Å². The van der Waals surface area contributed by atoms with Gasteiger partial charge in [-0.3, -0.25) is 9.69 Å². The summed E-state index contributed by atoms with van der Waals surface area (Å²) < 4.78 is 15.5. The van der Waals surface area contributed by atoms with E-state index in [9.17, 15) is 14.4 Å². The van der Waals surface area contributed by atoms with Gasteiger partial charge >= 0.3 is 18.0 Å². The Hall–Kier alpha value is -2.05. The second-order valence-corrected chi connectivity index (χ2v) is 6.79. The zero-order chi connectivity index (χ0) is 18.5. The highest BCUT2D eigenvalue weighted by Gasteiger charge is 2.50. The zero-order valence-corrected chi connectivity index (χ0v) is 15.0. The highest BCUT2D eigenvalue weighted by atomic mass is 16.6. The third-order valence-electron chi connectivity index (χ3n) is 3.65. The third-order valence-corrected chi connectivity index (χ3v) is 3.65. The van der Waals surface area contributed by atoms with Crippen molar-refractivity contribution in [2.75, 3.05) is 7.11 Å². The van der Waals surface area contributed by atoms with Crippen LogP contribution < -0.4 is 0 Å². The number of esters is 2. The number of carbonyl (C=O) groups excluding carboxylic acids is 3. The molecule has 0 radical (unpaired) electrons. The number of hydrogen-bond donors (Lipinski definition) is 0. The van der Waals surface area contributed by atoms with Gasteiger partial charge in [-0.25, -0.2) is 9.59 Å². The predicted octanol–water partition coefficient (Wildman–Crippen LogP) is 2.64. The minimum atomic E-state index is -0.860. The van der Waals surface area contributed by atoms with Gasteiger partial charge in [-0.05, 0) is 40.0 Å². The van der Waals surface area contributed by atoms with Crippen molar-refractivity contribution < 1.29 is 28.6 Å². The van der Waals surface area contributed by atoms with Crippen LogP contribution in [0.15, 0.2) is 12.7 Å². The van der Waals surface area contributed by atoms with E-state index in [1.807, 2.05) is 0 Å². The van der Waals surface area contributed by atoms with E-state index >= 15 is 0 Å². The summed E-state index contributed by atoms with van der Waals surface area (Å²) in [5.74, 6) is -1.27. The lowest BCUT2D eigenvalue weighted by Crippen LogP contribution is -2.49. The van der Waals surface area contributed by atoms with Crippen molar-refractivity contribution in [2.45, 2.75) is 64.8 Å². The molecule has 24 heavy (non-hydrogen) atoms. The number of methoxy groups -OCH3 is 1. The second-order valence-electron chi connectivity index (χ2n) is 6.79. The largest absolute Gasteiger partial charge is 0.467 e. The minimum Gasteiger partial charge on any atom is -0.467 e. The van der Waals surface area contributed by atoms with Gasteiger partial charge in [0, 0.05) is 12.8 Å². The van der Waals surface area contributed by atoms with Gasteiger partial charge in [-0.2, -0.15) is 0 Å². The molecule has 0 saturated carbocycles. The number of hydrogen-bond acceptors (Lipinski definition) is 6. The molecule has 0 bridgehead atoms. The van der Waals surface area contributed by atoms with Gasteiger partial charge in [0.15, 0.2) is 6.23 Å². The Labute approximate surface area is 142 Å². The summed E-state index contributed by atoms with van der Waals surface area (Å²) in [5, 5.41) is 0. The van der Waals surface area contributed by atoms with Crippen molar-refractivity contribution in [1.82, 2.24) is 4.90 Å².